The van der Waals surface area contributed by atoms with E-state index in [1.807, 2.05) is 0 Å². The Morgan fingerprint density at radius 1 is 0.700 bits per heavy atom. The molecule has 3 aliphatic rings. The van der Waals surface area contributed by atoms with Gasteiger partial charge in [0.15, 0.2) is 18.2 Å². The first-order valence-corrected chi connectivity index (χ1v) is 15.6. The van der Waals surface area contributed by atoms with Gasteiger partial charge in [-0.2, -0.15) is 0 Å². The van der Waals surface area contributed by atoms with Gasteiger partial charge in [-0.25, -0.2) is 0 Å². The lowest BCUT2D eigenvalue weighted by molar-refractivity contribution is -0.341. The molecule has 10 N–H and O–H groups in total. The molecule has 18 nitrogen and oxygen atoms in total. The number of fused-ring (bicyclic) bond motifs is 1. The number of aliphatic hydroxyl groups excluding tert-OH is 8. The summed E-state index contributed by atoms with van der Waals surface area (Å²) >= 11 is 0. The number of ether oxygens (including phenoxy) is 6. The van der Waals surface area contributed by atoms with Crippen molar-refractivity contribution in [1.29, 1.82) is 0 Å². The molecule has 50 heavy (non-hydrogen) atoms. The van der Waals surface area contributed by atoms with Gasteiger partial charge in [-0.1, -0.05) is 0 Å². The van der Waals surface area contributed by atoms with Crippen molar-refractivity contribution in [2.24, 2.45) is 0 Å². The van der Waals surface area contributed by atoms with Crippen LogP contribution in [0.1, 0.15) is 13.8 Å². The van der Waals surface area contributed by atoms with Crippen molar-refractivity contribution in [1.82, 2.24) is 0 Å². The van der Waals surface area contributed by atoms with Crippen LogP contribution in [0.15, 0.2) is 45.6 Å². The maximum Gasteiger partial charge on any atom is 0.239 e. The highest BCUT2D eigenvalue weighted by Gasteiger charge is 2.49. The summed E-state index contributed by atoms with van der Waals surface area (Å²) in [7, 11) is 0. The molecule has 6 rings (SSSR count). The number of phenols is 2. The molecule has 3 aromatic rings. The minimum atomic E-state index is -1.80. The van der Waals surface area contributed by atoms with Gasteiger partial charge in [0.1, 0.15) is 77.0 Å². The molecule has 3 saturated heterocycles. The third kappa shape index (κ3) is 6.73. The van der Waals surface area contributed by atoms with Crippen molar-refractivity contribution in [3.63, 3.8) is 0 Å². The van der Waals surface area contributed by atoms with E-state index in [0.29, 0.717) is 0 Å². The van der Waals surface area contributed by atoms with Crippen LogP contribution < -0.4 is 14.9 Å². The Hall–Kier alpha value is -3.63. The number of aromatic hydroxyl groups is 2. The number of hydrogen-bond donors (Lipinski definition) is 10. The second kappa shape index (κ2) is 14.2. The fourth-order valence-corrected chi connectivity index (χ4v) is 5.89. The molecule has 2 aromatic carbocycles. The average molecular weight is 711 g/mol. The normalized spacial score (nSPS) is 37.8. The van der Waals surface area contributed by atoms with Crippen LogP contribution in [-0.4, -0.2) is 144 Å². The summed E-state index contributed by atoms with van der Waals surface area (Å²) in [6.07, 6.45) is -21.4. The lowest BCUT2D eigenvalue weighted by atomic mass is 9.99. The summed E-state index contributed by atoms with van der Waals surface area (Å²) in [6, 6.07) is 7.55. The molecule has 18 heteroatoms. The highest BCUT2D eigenvalue weighted by Crippen LogP contribution is 2.39. The topological polar surface area (TPSA) is 288 Å². The summed E-state index contributed by atoms with van der Waals surface area (Å²) in [5.74, 6) is -1.81. The zero-order chi connectivity index (χ0) is 36.2. The molecular formula is C32H38O18. The first kappa shape index (κ1) is 36.2. The van der Waals surface area contributed by atoms with Gasteiger partial charge >= 0.3 is 0 Å². The Morgan fingerprint density at radius 3 is 2.00 bits per heavy atom. The number of aliphatic hydroxyl groups is 8. The fraction of sp³-hybridized carbons (Fsp3) is 0.531. The summed E-state index contributed by atoms with van der Waals surface area (Å²) in [6.45, 7) is 2.43. The van der Waals surface area contributed by atoms with Crippen LogP contribution in [0, 0.1) is 0 Å². The zero-order valence-corrected chi connectivity index (χ0v) is 26.5. The Morgan fingerprint density at radius 2 is 1.32 bits per heavy atom. The van der Waals surface area contributed by atoms with E-state index in [4.69, 9.17) is 32.8 Å². The van der Waals surface area contributed by atoms with E-state index >= 15 is 0 Å². The smallest absolute Gasteiger partial charge is 0.239 e. The second-order valence-corrected chi connectivity index (χ2v) is 12.4. The third-order valence-electron chi connectivity index (χ3n) is 8.86. The van der Waals surface area contributed by atoms with Crippen LogP contribution in [0.4, 0.5) is 0 Å². The van der Waals surface area contributed by atoms with Gasteiger partial charge in [0.25, 0.3) is 0 Å². The molecule has 0 spiro atoms. The van der Waals surface area contributed by atoms with Gasteiger partial charge in [-0.15, -0.1) is 0 Å². The molecule has 0 bridgehead atoms. The minimum Gasteiger partial charge on any atom is -0.508 e. The maximum atomic E-state index is 13.9. The first-order valence-electron chi connectivity index (χ1n) is 15.6. The predicted molar refractivity (Wildman–Crippen MR) is 164 cm³/mol. The molecule has 0 amide bonds. The van der Waals surface area contributed by atoms with E-state index in [-0.39, 0.29) is 28.4 Å². The van der Waals surface area contributed by atoms with E-state index in [1.54, 1.807) is 0 Å². The lowest BCUT2D eigenvalue weighted by Gasteiger charge is -2.44. The molecular weight excluding hydrogens is 672 g/mol. The molecule has 1 aromatic heterocycles. The van der Waals surface area contributed by atoms with Crippen molar-refractivity contribution in [3.8, 4) is 34.3 Å². The third-order valence-corrected chi connectivity index (χ3v) is 8.86. The Balaban J connectivity index is 1.37. The molecule has 0 aliphatic carbocycles. The van der Waals surface area contributed by atoms with Crippen LogP contribution >= 0.6 is 0 Å². The van der Waals surface area contributed by atoms with E-state index in [9.17, 15) is 55.9 Å². The van der Waals surface area contributed by atoms with E-state index in [1.165, 1.54) is 44.2 Å². The van der Waals surface area contributed by atoms with Gasteiger partial charge in [0, 0.05) is 17.7 Å². The lowest BCUT2D eigenvalue weighted by Crippen LogP contribution is -2.62. The Labute approximate surface area is 282 Å². The number of phenolic OH excluding ortho intramolecular Hbond substituents is 2. The Kier molecular flexibility index (Phi) is 10.3. The van der Waals surface area contributed by atoms with Crippen molar-refractivity contribution in [2.75, 3.05) is 6.61 Å². The van der Waals surface area contributed by atoms with Gasteiger partial charge < -0.3 is 83.9 Å². The average Bonchev–Trinajstić information content (AvgIpc) is 3.08. The number of benzene rings is 2. The number of hydrogen-bond acceptors (Lipinski definition) is 18. The summed E-state index contributed by atoms with van der Waals surface area (Å²) in [4.78, 5) is 13.9. The van der Waals surface area contributed by atoms with E-state index < -0.39 is 115 Å². The second-order valence-electron chi connectivity index (χ2n) is 12.4. The molecule has 274 valence electrons. The van der Waals surface area contributed by atoms with Crippen LogP contribution in [0.2, 0.25) is 0 Å². The largest absolute Gasteiger partial charge is 0.508 e. The zero-order valence-electron chi connectivity index (χ0n) is 26.5. The van der Waals surface area contributed by atoms with Crippen LogP contribution in [0.5, 0.6) is 23.0 Å². The van der Waals surface area contributed by atoms with E-state index in [2.05, 4.69) is 0 Å². The highest BCUT2D eigenvalue weighted by atomic mass is 16.8. The standard InChI is InChI=1S/C32H38O18/c1-10-19(36)23(40)26(43)31(45-10)49-28-22(39)18-15(34)7-14(8-17(18)48-27(28)12-3-5-13(33)6-4-12)47-32-29(24(41)20(37)11(2)46-32)50-30-25(42)21(38)16(35)9-44-30/h3-8,10-11,16,19-21,23-26,29-38,40-43H,9H2,1-2H3/t10-,11-,16-,19+,20-,21-,23-,24-,25+,26+,29-,30+,31+,32-/m1/s1. The molecule has 4 heterocycles. The van der Waals surface area contributed by atoms with Crippen molar-refractivity contribution < 1.29 is 83.9 Å². The van der Waals surface area contributed by atoms with Gasteiger partial charge in [-0.3, -0.25) is 4.79 Å². The monoisotopic (exact) mass is 710 g/mol. The molecule has 3 aliphatic heterocycles. The number of rotatable bonds is 7. The van der Waals surface area contributed by atoms with E-state index in [0.717, 1.165) is 6.07 Å². The first-order chi connectivity index (χ1) is 23.7. The van der Waals surface area contributed by atoms with Gasteiger partial charge in [0.2, 0.25) is 23.8 Å². The van der Waals surface area contributed by atoms with Crippen LogP contribution in [0.25, 0.3) is 22.3 Å². The predicted octanol–water partition coefficient (Wildman–Crippen LogP) is -2.25. The van der Waals surface area contributed by atoms with Crippen molar-refractivity contribution in [2.45, 2.75) is 99.9 Å². The molecule has 0 radical (unpaired) electrons. The SMILES string of the molecule is C[C@H]1O[C@@H](Oc2c(-c3ccc(O)cc3)oc3cc(O[C@H]4O[C@H](C)[C@@H](O)[C@@H](O)[C@H]4O[C@@H]4OC[C@@H](O)[C@@H](O)[C@@H]4O)cc(O)c3c2=O)[C@@H](O)[C@H](O)[C@H]1O. The molecule has 3 fully saturated rings. The van der Waals surface area contributed by atoms with Crippen molar-refractivity contribution in [3.05, 3.63) is 46.6 Å². The quantitative estimate of drug-likeness (QED) is 0.124. The van der Waals surface area contributed by atoms with Gasteiger partial charge in [-0.05, 0) is 38.1 Å². The van der Waals surface area contributed by atoms with Crippen LogP contribution in [-0.2, 0) is 18.9 Å². The fourth-order valence-electron chi connectivity index (χ4n) is 5.89. The minimum absolute atomic E-state index is 0.118. The summed E-state index contributed by atoms with van der Waals surface area (Å²) in [5, 5.41) is 103. The summed E-state index contributed by atoms with van der Waals surface area (Å²) in [5.41, 5.74) is -1.02. The molecule has 0 unspecified atom stereocenters. The van der Waals surface area contributed by atoms with Crippen LogP contribution in [0.3, 0.4) is 0 Å². The van der Waals surface area contributed by atoms with Gasteiger partial charge in [0.05, 0.1) is 18.8 Å². The van der Waals surface area contributed by atoms with Crippen molar-refractivity contribution >= 4 is 11.0 Å². The Bertz CT molecular complexity index is 1710. The molecule has 0 saturated carbocycles. The maximum absolute atomic E-state index is 13.9. The summed E-state index contributed by atoms with van der Waals surface area (Å²) < 4.78 is 39.9. The molecule has 14 atom stereocenters. The highest BCUT2D eigenvalue weighted by molar-refractivity contribution is 5.88.